The van der Waals surface area contributed by atoms with Crippen LogP contribution in [0.2, 0.25) is 0 Å². The van der Waals surface area contributed by atoms with Gasteiger partial charge in [-0.2, -0.15) is 5.10 Å². The molecule has 0 amide bonds. The van der Waals surface area contributed by atoms with Crippen molar-refractivity contribution in [2.75, 3.05) is 0 Å². The van der Waals surface area contributed by atoms with E-state index >= 15 is 0 Å². The van der Waals surface area contributed by atoms with Crippen LogP contribution in [0.3, 0.4) is 0 Å². The molecule has 0 bridgehead atoms. The third-order valence-corrected chi connectivity index (χ3v) is 2.04. The van der Waals surface area contributed by atoms with E-state index in [2.05, 4.69) is 21.0 Å². The summed E-state index contributed by atoms with van der Waals surface area (Å²) in [5, 5.41) is 3.67. The van der Waals surface area contributed by atoms with Crippen molar-refractivity contribution in [3.05, 3.63) is 34.3 Å². The lowest BCUT2D eigenvalue weighted by molar-refractivity contribution is 1.26. The van der Waals surface area contributed by atoms with Crippen LogP contribution < -0.4 is 5.84 Å². The molecular weight excluding hydrogens is 227 g/mol. The Morgan fingerprint density at radius 1 is 1.36 bits per heavy atom. The number of rotatable bonds is 1. The Kier molecular flexibility index (Phi) is 2.91. The summed E-state index contributed by atoms with van der Waals surface area (Å²) in [6, 6.07) is 7.43. The van der Waals surface area contributed by atoms with Crippen LogP contribution in [0.5, 0.6) is 0 Å². The highest BCUT2D eigenvalue weighted by molar-refractivity contribution is 9.10. The maximum atomic E-state index is 5.65. The van der Waals surface area contributed by atoms with Gasteiger partial charge < -0.3 is 5.84 Å². The van der Waals surface area contributed by atoms with Gasteiger partial charge in [-0.15, -0.1) is 0 Å². The van der Waals surface area contributed by atoms with Crippen molar-refractivity contribution in [1.29, 1.82) is 0 Å². The molecule has 0 aromatic heterocycles. The van der Waals surface area contributed by atoms with E-state index in [0.29, 0.717) is 5.17 Å². The van der Waals surface area contributed by atoms with Crippen molar-refractivity contribution in [2.24, 2.45) is 10.9 Å². The van der Waals surface area contributed by atoms with Crippen LogP contribution in [0.15, 0.2) is 33.8 Å². The van der Waals surface area contributed by atoms with Crippen LogP contribution in [-0.4, -0.2) is 5.17 Å². The van der Waals surface area contributed by atoms with E-state index < -0.39 is 0 Å². The number of benzene rings is 1. The van der Waals surface area contributed by atoms with Gasteiger partial charge in [0.15, 0.2) is 5.17 Å². The predicted molar refractivity (Wildman–Crippen MR) is 50.7 cm³/mol. The zero-order valence-corrected chi connectivity index (χ0v) is 7.93. The zero-order valence-electron chi connectivity index (χ0n) is 5.59. The molecule has 1 aromatic rings. The quantitative estimate of drug-likeness (QED) is 0.451. The second-order valence-electron chi connectivity index (χ2n) is 1.93. The van der Waals surface area contributed by atoms with Crippen molar-refractivity contribution in [3.8, 4) is 0 Å². The molecule has 0 unspecified atom stereocenters. The lowest BCUT2D eigenvalue weighted by Gasteiger charge is -1.95. The number of nitrogens with two attached hydrogens (primary N) is 1. The summed E-state index contributed by atoms with van der Waals surface area (Å²) >= 11 is 8.95. The Balaban J connectivity index is 2.99. The topological polar surface area (TPSA) is 38.4 Å². The summed E-state index contributed by atoms with van der Waals surface area (Å²) in [7, 11) is 0. The van der Waals surface area contributed by atoms with Crippen molar-refractivity contribution in [1.82, 2.24) is 0 Å². The fraction of sp³-hybridized carbons (Fsp3) is 0. The van der Waals surface area contributed by atoms with E-state index in [1.54, 1.807) is 0 Å². The van der Waals surface area contributed by atoms with Gasteiger partial charge in [-0.05, 0) is 12.1 Å². The van der Waals surface area contributed by atoms with E-state index in [4.69, 9.17) is 17.4 Å². The summed E-state index contributed by atoms with van der Waals surface area (Å²) in [4.78, 5) is 0. The van der Waals surface area contributed by atoms with Crippen molar-refractivity contribution in [2.45, 2.75) is 0 Å². The summed E-state index contributed by atoms with van der Waals surface area (Å²) in [6.07, 6.45) is 0. The Labute approximate surface area is 78.2 Å². The summed E-state index contributed by atoms with van der Waals surface area (Å²) in [6.45, 7) is 0. The van der Waals surface area contributed by atoms with Gasteiger partial charge in [0.25, 0.3) is 0 Å². The van der Waals surface area contributed by atoms with E-state index in [1.165, 1.54) is 0 Å². The molecule has 0 aliphatic rings. The van der Waals surface area contributed by atoms with Gasteiger partial charge in [-0.1, -0.05) is 39.7 Å². The first kappa shape index (κ1) is 8.56. The Bertz CT molecular complexity index is 268. The fourth-order valence-electron chi connectivity index (χ4n) is 0.662. The van der Waals surface area contributed by atoms with E-state index in [0.717, 1.165) is 10.0 Å². The van der Waals surface area contributed by atoms with Gasteiger partial charge in [0.05, 0.1) is 0 Å². The molecule has 2 nitrogen and oxygen atoms in total. The molecule has 58 valence electrons. The van der Waals surface area contributed by atoms with Crippen LogP contribution in [0.4, 0.5) is 0 Å². The molecule has 0 saturated carbocycles. The smallest absolute Gasteiger partial charge is 0.155 e. The van der Waals surface area contributed by atoms with Gasteiger partial charge in [0.2, 0.25) is 0 Å². The molecule has 0 aliphatic carbocycles. The predicted octanol–water partition coefficient (Wildman–Crippen LogP) is 2.31. The molecule has 11 heavy (non-hydrogen) atoms. The highest BCUT2D eigenvalue weighted by atomic mass is 79.9. The molecular formula is C7H6BrClN2. The Morgan fingerprint density at radius 3 is 2.36 bits per heavy atom. The monoisotopic (exact) mass is 232 g/mol. The molecule has 0 fully saturated rings. The van der Waals surface area contributed by atoms with E-state index in [-0.39, 0.29) is 0 Å². The first-order valence-electron chi connectivity index (χ1n) is 2.93. The largest absolute Gasteiger partial charge is 0.322 e. The standard InChI is InChI=1S/C7H6BrClN2/c8-6-3-1-5(2-4-6)7(9)11-10/h1-4H,10H2. The summed E-state index contributed by atoms with van der Waals surface area (Å²) < 4.78 is 1.00. The third-order valence-electron chi connectivity index (χ3n) is 1.20. The molecule has 4 heteroatoms. The molecule has 0 saturated heterocycles. The highest BCUT2D eigenvalue weighted by Crippen LogP contribution is 2.12. The van der Waals surface area contributed by atoms with Crippen LogP contribution >= 0.6 is 27.5 Å². The van der Waals surface area contributed by atoms with Gasteiger partial charge in [-0.25, -0.2) is 0 Å². The maximum Gasteiger partial charge on any atom is 0.155 e. The second-order valence-corrected chi connectivity index (χ2v) is 3.20. The number of nitrogens with zero attached hydrogens (tertiary/aromatic N) is 1. The molecule has 0 radical (unpaired) electrons. The normalized spacial score (nSPS) is 11.6. The molecule has 1 aromatic carbocycles. The number of hydrogen-bond donors (Lipinski definition) is 1. The van der Waals surface area contributed by atoms with E-state index in [1.807, 2.05) is 24.3 Å². The third kappa shape index (κ3) is 2.20. The lowest BCUT2D eigenvalue weighted by atomic mass is 10.2. The number of hydrogen-bond acceptors (Lipinski definition) is 2. The first-order chi connectivity index (χ1) is 5.24. The summed E-state index contributed by atoms with van der Waals surface area (Å²) in [5.41, 5.74) is 0.817. The van der Waals surface area contributed by atoms with Crippen molar-refractivity contribution < 1.29 is 0 Å². The van der Waals surface area contributed by atoms with Gasteiger partial charge in [0.1, 0.15) is 0 Å². The molecule has 0 atom stereocenters. The second kappa shape index (κ2) is 3.74. The van der Waals surface area contributed by atoms with Crippen molar-refractivity contribution in [3.63, 3.8) is 0 Å². The fourth-order valence-corrected chi connectivity index (χ4v) is 1.05. The van der Waals surface area contributed by atoms with Crippen LogP contribution in [0, 0.1) is 0 Å². The number of hydrazone groups is 1. The summed E-state index contributed by atoms with van der Waals surface area (Å²) in [5.74, 6) is 4.99. The molecule has 0 spiro atoms. The lowest BCUT2D eigenvalue weighted by Crippen LogP contribution is -1.94. The average molecular weight is 233 g/mol. The average Bonchev–Trinajstić information content (AvgIpc) is 2.05. The Hall–Kier alpha value is -0.540. The van der Waals surface area contributed by atoms with Gasteiger partial charge in [0, 0.05) is 10.0 Å². The minimum atomic E-state index is 0.317. The van der Waals surface area contributed by atoms with Crippen LogP contribution in [0.1, 0.15) is 5.56 Å². The molecule has 0 heterocycles. The SMILES string of the molecule is NN=C(Cl)c1ccc(Br)cc1. The van der Waals surface area contributed by atoms with Gasteiger partial charge >= 0.3 is 0 Å². The minimum absolute atomic E-state index is 0.317. The molecule has 1 rings (SSSR count). The minimum Gasteiger partial charge on any atom is -0.322 e. The number of halogens is 2. The van der Waals surface area contributed by atoms with Crippen molar-refractivity contribution >= 4 is 32.7 Å². The van der Waals surface area contributed by atoms with Crippen LogP contribution in [-0.2, 0) is 0 Å². The molecule has 2 N–H and O–H groups in total. The van der Waals surface area contributed by atoms with Crippen LogP contribution in [0.25, 0.3) is 0 Å². The maximum absolute atomic E-state index is 5.65. The van der Waals surface area contributed by atoms with Gasteiger partial charge in [-0.3, -0.25) is 0 Å². The first-order valence-corrected chi connectivity index (χ1v) is 4.10. The Morgan fingerprint density at radius 2 is 1.91 bits per heavy atom. The molecule has 0 aliphatic heterocycles. The zero-order chi connectivity index (χ0) is 8.27. The highest BCUT2D eigenvalue weighted by Gasteiger charge is 1.96. The van der Waals surface area contributed by atoms with E-state index in [9.17, 15) is 0 Å².